The highest BCUT2D eigenvalue weighted by molar-refractivity contribution is 9.09. The predicted molar refractivity (Wildman–Crippen MR) is 70.8 cm³/mol. The van der Waals surface area contributed by atoms with E-state index < -0.39 is 6.09 Å². The van der Waals surface area contributed by atoms with Gasteiger partial charge in [-0.25, -0.2) is 4.79 Å². The van der Waals surface area contributed by atoms with Gasteiger partial charge in [-0.3, -0.25) is 0 Å². The molecule has 0 aromatic rings. The van der Waals surface area contributed by atoms with Gasteiger partial charge in [-0.15, -0.1) is 0 Å². The van der Waals surface area contributed by atoms with Crippen molar-refractivity contribution >= 4 is 22.0 Å². The van der Waals surface area contributed by atoms with Gasteiger partial charge in [0.15, 0.2) is 0 Å². The van der Waals surface area contributed by atoms with Crippen LogP contribution < -0.4 is 5.73 Å². The summed E-state index contributed by atoms with van der Waals surface area (Å²) in [6.45, 7) is 7.18. The number of hydrogen-bond donors (Lipinski definition) is 1. The number of amides is 1. The molecule has 0 aliphatic heterocycles. The summed E-state index contributed by atoms with van der Waals surface area (Å²) in [4.78, 5) is 10.9. The lowest BCUT2D eigenvalue weighted by Crippen LogP contribution is -2.19. The molecule has 1 amide bonds. The highest BCUT2D eigenvalue weighted by atomic mass is 79.9. The number of carbonyl (C=O) groups is 1. The standard InChI is InChI=1S/C12H24BrNO2/c1-12(2,3)10(13)8-6-4-5-7-9-16-11(14)15/h10H,4-9H2,1-3H3,(H2,14,15). The zero-order chi connectivity index (χ0) is 12.6. The SMILES string of the molecule is CC(C)(C)C(Br)CCCCCCOC(N)=O. The Labute approximate surface area is 107 Å². The van der Waals surface area contributed by atoms with E-state index in [1.165, 1.54) is 19.3 Å². The molecule has 96 valence electrons. The van der Waals surface area contributed by atoms with Gasteiger partial charge in [0.05, 0.1) is 6.61 Å². The second-order valence-corrected chi connectivity index (χ2v) is 6.31. The van der Waals surface area contributed by atoms with Crippen LogP contribution >= 0.6 is 15.9 Å². The van der Waals surface area contributed by atoms with Gasteiger partial charge < -0.3 is 10.5 Å². The molecule has 0 aliphatic rings. The molecule has 0 aromatic heterocycles. The highest BCUT2D eigenvalue weighted by Crippen LogP contribution is 2.30. The van der Waals surface area contributed by atoms with Crippen molar-refractivity contribution in [2.24, 2.45) is 11.1 Å². The summed E-state index contributed by atoms with van der Waals surface area (Å²) in [5.74, 6) is 0. The first-order chi connectivity index (χ1) is 7.34. The quantitative estimate of drug-likeness (QED) is 0.573. The largest absolute Gasteiger partial charge is 0.450 e. The summed E-state index contributed by atoms with van der Waals surface area (Å²) in [7, 11) is 0. The van der Waals surface area contributed by atoms with E-state index >= 15 is 0 Å². The van der Waals surface area contributed by atoms with Gasteiger partial charge in [-0.2, -0.15) is 0 Å². The van der Waals surface area contributed by atoms with Crippen molar-refractivity contribution in [1.82, 2.24) is 0 Å². The molecule has 0 bridgehead atoms. The summed E-state index contributed by atoms with van der Waals surface area (Å²) < 4.78 is 4.65. The second-order valence-electron chi connectivity index (χ2n) is 5.20. The number of unbranched alkanes of at least 4 members (excludes halogenated alkanes) is 3. The van der Waals surface area contributed by atoms with Crippen LogP contribution in [0.5, 0.6) is 0 Å². The van der Waals surface area contributed by atoms with Gasteiger partial charge in [0.25, 0.3) is 0 Å². The van der Waals surface area contributed by atoms with Crippen LogP contribution in [-0.2, 0) is 4.74 Å². The predicted octanol–water partition coefficient (Wildman–Crippen LogP) is 3.84. The first-order valence-electron chi connectivity index (χ1n) is 5.90. The molecule has 0 spiro atoms. The third-order valence-electron chi connectivity index (χ3n) is 2.54. The van der Waals surface area contributed by atoms with Gasteiger partial charge in [-0.1, -0.05) is 56.0 Å². The Balaban J connectivity index is 3.31. The van der Waals surface area contributed by atoms with Crippen LogP contribution in [0.25, 0.3) is 0 Å². The van der Waals surface area contributed by atoms with E-state index in [4.69, 9.17) is 5.73 Å². The fourth-order valence-corrected chi connectivity index (χ4v) is 1.71. The molecule has 2 N–H and O–H groups in total. The number of hydrogen-bond acceptors (Lipinski definition) is 2. The summed E-state index contributed by atoms with van der Waals surface area (Å²) in [5.41, 5.74) is 5.18. The molecule has 0 heterocycles. The topological polar surface area (TPSA) is 52.3 Å². The average molecular weight is 294 g/mol. The van der Waals surface area contributed by atoms with Crippen molar-refractivity contribution in [3.8, 4) is 0 Å². The van der Waals surface area contributed by atoms with Gasteiger partial charge in [0.2, 0.25) is 0 Å². The monoisotopic (exact) mass is 293 g/mol. The molecule has 3 nitrogen and oxygen atoms in total. The first-order valence-corrected chi connectivity index (χ1v) is 6.82. The Morgan fingerprint density at radius 3 is 2.31 bits per heavy atom. The Hall–Kier alpha value is -0.250. The number of primary amides is 1. The van der Waals surface area contributed by atoms with Crippen LogP contribution in [0.1, 0.15) is 52.9 Å². The molecule has 1 atom stereocenters. The molecular weight excluding hydrogens is 270 g/mol. The maximum absolute atomic E-state index is 10.3. The number of alkyl halides is 1. The van der Waals surface area contributed by atoms with Crippen LogP contribution in [0.2, 0.25) is 0 Å². The highest BCUT2D eigenvalue weighted by Gasteiger charge is 2.20. The fourth-order valence-electron chi connectivity index (χ4n) is 1.38. The normalized spacial score (nSPS) is 13.5. The third kappa shape index (κ3) is 9.01. The molecule has 0 saturated carbocycles. The Morgan fingerprint density at radius 1 is 1.25 bits per heavy atom. The van der Waals surface area contributed by atoms with Crippen molar-refractivity contribution in [2.45, 2.75) is 57.7 Å². The number of carbonyl (C=O) groups excluding carboxylic acids is 1. The van der Waals surface area contributed by atoms with Gasteiger partial charge in [0, 0.05) is 4.83 Å². The van der Waals surface area contributed by atoms with Gasteiger partial charge in [0.1, 0.15) is 0 Å². The minimum absolute atomic E-state index is 0.328. The maximum atomic E-state index is 10.3. The molecule has 0 aliphatic carbocycles. The Bertz CT molecular complexity index is 202. The third-order valence-corrected chi connectivity index (χ3v) is 4.37. The van der Waals surface area contributed by atoms with E-state index in [-0.39, 0.29) is 0 Å². The molecule has 0 aromatic carbocycles. The van der Waals surface area contributed by atoms with E-state index in [2.05, 4.69) is 41.4 Å². The lowest BCUT2D eigenvalue weighted by molar-refractivity contribution is 0.154. The minimum atomic E-state index is -0.673. The fraction of sp³-hybridized carbons (Fsp3) is 0.917. The molecule has 4 heteroatoms. The van der Waals surface area contributed by atoms with Crippen molar-refractivity contribution in [2.75, 3.05) is 6.61 Å². The molecule has 0 rings (SSSR count). The van der Waals surface area contributed by atoms with Crippen LogP contribution in [-0.4, -0.2) is 17.5 Å². The minimum Gasteiger partial charge on any atom is -0.450 e. The summed E-state index contributed by atoms with van der Waals surface area (Å²) in [6.07, 6.45) is 4.92. The maximum Gasteiger partial charge on any atom is 0.404 e. The smallest absolute Gasteiger partial charge is 0.404 e. The van der Waals surface area contributed by atoms with E-state index in [0.29, 0.717) is 16.8 Å². The summed E-state index contributed by atoms with van der Waals surface area (Å²) in [6, 6.07) is 0. The van der Waals surface area contributed by atoms with E-state index in [1.54, 1.807) is 0 Å². The van der Waals surface area contributed by atoms with Gasteiger partial charge in [-0.05, 0) is 18.3 Å². The molecule has 0 saturated heterocycles. The molecule has 0 radical (unpaired) electrons. The zero-order valence-corrected chi connectivity index (χ0v) is 12.2. The van der Waals surface area contributed by atoms with Crippen LogP contribution in [0.15, 0.2) is 0 Å². The number of ether oxygens (including phenoxy) is 1. The van der Waals surface area contributed by atoms with E-state index in [9.17, 15) is 4.79 Å². The molecular formula is C12H24BrNO2. The van der Waals surface area contributed by atoms with Crippen LogP contribution in [0.4, 0.5) is 4.79 Å². The first kappa shape index (κ1) is 15.8. The van der Waals surface area contributed by atoms with Gasteiger partial charge >= 0.3 is 6.09 Å². The summed E-state index contributed by atoms with van der Waals surface area (Å²) in [5, 5.41) is 0. The van der Waals surface area contributed by atoms with Crippen molar-refractivity contribution in [3.63, 3.8) is 0 Å². The van der Waals surface area contributed by atoms with E-state index in [1.807, 2.05) is 0 Å². The molecule has 1 unspecified atom stereocenters. The van der Waals surface area contributed by atoms with Crippen LogP contribution in [0, 0.1) is 5.41 Å². The van der Waals surface area contributed by atoms with Crippen molar-refractivity contribution < 1.29 is 9.53 Å². The van der Waals surface area contributed by atoms with Crippen molar-refractivity contribution in [3.05, 3.63) is 0 Å². The number of nitrogens with two attached hydrogens (primary N) is 1. The second kappa shape index (κ2) is 7.93. The zero-order valence-electron chi connectivity index (χ0n) is 10.6. The lowest BCUT2D eigenvalue weighted by atomic mass is 9.89. The Kier molecular flexibility index (Phi) is 7.81. The average Bonchev–Trinajstić information content (AvgIpc) is 2.14. The summed E-state index contributed by atoms with van der Waals surface area (Å²) >= 11 is 3.71. The molecule has 0 fully saturated rings. The van der Waals surface area contributed by atoms with Crippen molar-refractivity contribution in [1.29, 1.82) is 0 Å². The van der Waals surface area contributed by atoms with E-state index in [0.717, 1.165) is 12.8 Å². The Morgan fingerprint density at radius 2 is 1.81 bits per heavy atom. The molecule has 16 heavy (non-hydrogen) atoms. The number of rotatable bonds is 7. The lowest BCUT2D eigenvalue weighted by Gasteiger charge is -2.25. The van der Waals surface area contributed by atoms with Crippen LogP contribution in [0.3, 0.4) is 0 Å². The number of halogens is 1.